The first kappa shape index (κ1) is 21.9. The van der Waals surface area contributed by atoms with E-state index >= 15 is 0 Å². The van der Waals surface area contributed by atoms with Crippen LogP contribution in [0.3, 0.4) is 0 Å². The predicted molar refractivity (Wildman–Crippen MR) is 122 cm³/mol. The molecule has 2 amide bonds. The van der Waals surface area contributed by atoms with E-state index in [0.717, 1.165) is 16.9 Å². The zero-order chi connectivity index (χ0) is 22.2. The van der Waals surface area contributed by atoms with Crippen LogP contribution in [-0.4, -0.2) is 18.4 Å². The summed E-state index contributed by atoms with van der Waals surface area (Å²) in [6.07, 6.45) is 0. The van der Waals surface area contributed by atoms with Crippen molar-refractivity contribution in [3.8, 4) is 11.5 Å². The Kier molecular flexibility index (Phi) is 7.27. The molecule has 160 valence electrons. The molecule has 3 aromatic rings. The Morgan fingerprint density at radius 1 is 0.839 bits per heavy atom. The van der Waals surface area contributed by atoms with Crippen molar-refractivity contribution in [2.45, 2.75) is 27.4 Å². The van der Waals surface area contributed by atoms with Crippen molar-refractivity contribution >= 4 is 23.2 Å². The molecule has 0 aliphatic heterocycles. The van der Waals surface area contributed by atoms with Gasteiger partial charge in [0.25, 0.3) is 5.91 Å². The number of hydrogen-bond donors (Lipinski definition) is 2. The second-order valence-corrected chi connectivity index (χ2v) is 7.03. The van der Waals surface area contributed by atoms with E-state index in [1.54, 1.807) is 42.5 Å². The maximum absolute atomic E-state index is 12.8. The van der Waals surface area contributed by atoms with Crippen molar-refractivity contribution in [3.05, 3.63) is 83.4 Å². The van der Waals surface area contributed by atoms with Gasteiger partial charge >= 0.3 is 0 Å². The van der Waals surface area contributed by atoms with Crippen molar-refractivity contribution in [1.29, 1.82) is 0 Å². The largest absolute Gasteiger partial charge is 0.493 e. The Morgan fingerprint density at radius 3 is 2.29 bits per heavy atom. The molecule has 0 heterocycles. The maximum atomic E-state index is 12.8. The number of aryl methyl sites for hydroxylation is 1. The number of hydrogen-bond acceptors (Lipinski definition) is 4. The first-order valence-corrected chi connectivity index (χ1v) is 10.1. The first-order valence-electron chi connectivity index (χ1n) is 10.1. The van der Waals surface area contributed by atoms with Crippen LogP contribution in [0.25, 0.3) is 0 Å². The van der Waals surface area contributed by atoms with Gasteiger partial charge in [0.1, 0.15) is 18.1 Å². The van der Waals surface area contributed by atoms with Gasteiger partial charge in [-0.2, -0.15) is 0 Å². The fourth-order valence-corrected chi connectivity index (χ4v) is 3.08. The molecule has 2 N–H and O–H groups in total. The minimum Gasteiger partial charge on any atom is -0.493 e. The monoisotopic (exact) mass is 418 g/mol. The fraction of sp³-hybridized carbons (Fsp3) is 0.200. The lowest BCUT2D eigenvalue weighted by atomic mass is 10.1. The highest BCUT2D eigenvalue weighted by Gasteiger charge is 2.13. The summed E-state index contributed by atoms with van der Waals surface area (Å²) in [6.45, 7) is 6.12. The van der Waals surface area contributed by atoms with Gasteiger partial charge < -0.3 is 20.1 Å². The zero-order valence-corrected chi connectivity index (χ0v) is 17.9. The smallest absolute Gasteiger partial charge is 0.255 e. The molecule has 0 unspecified atom stereocenters. The molecule has 0 saturated carbocycles. The quantitative estimate of drug-likeness (QED) is 0.528. The molecule has 0 aromatic heterocycles. The third kappa shape index (κ3) is 6.09. The topological polar surface area (TPSA) is 76.7 Å². The number of benzene rings is 3. The van der Waals surface area contributed by atoms with Gasteiger partial charge in [-0.3, -0.25) is 9.59 Å². The van der Waals surface area contributed by atoms with E-state index in [1.165, 1.54) is 6.92 Å². The van der Waals surface area contributed by atoms with Crippen molar-refractivity contribution in [2.24, 2.45) is 0 Å². The minimum atomic E-state index is -0.264. The summed E-state index contributed by atoms with van der Waals surface area (Å²) < 4.78 is 11.7. The molecule has 6 nitrogen and oxygen atoms in total. The lowest BCUT2D eigenvalue weighted by Crippen LogP contribution is -2.13. The van der Waals surface area contributed by atoms with E-state index in [0.29, 0.717) is 29.3 Å². The Balaban J connectivity index is 1.78. The SMILES string of the molecule is CCOc1ccc(C(=O)Nc2cccc(NC(C)=O)c2)cc1COc1ccccc1C. The zero-order valence-electron chi connectivity index (χ0n) is 17.9. The van der Waals surface area contributed by atoms with E-state index in [9.17, 15) is 9.59 Å². The number of amides is 2. The maximum Gasteiger partial charge on any atom is 0.255 e. The van der Waals surface area contributed by atoms with Crippen LogP contribution in [0.2, 0.25) is 0 Å². The molecule has 0 aliphatic rings. The highest BCUT2D eigenvalue weighted by molar-refractivity contribution is 6.05. The second kappa shape index (κ2) is 10.3. The van der Waals surface area contributed by atoms with Crippen LogP contribution >= 0.6 is 0 Å². The molecule has 6 heteroatoms. The molecular formula is C25H26N2O4. The van der Waals surface area contributed by atoms with Gasteiger partial charge in [0.05, 0.1) is 6.61 Å². The summed E-state index contributed by atoms with van der Waals surface area (Å²) in [5, 5.41) is 5.56. The van der Waals surface area contributed by atoms with Gasteiger partial charge in [0.15, 0.2) is 0 Å². The van der Waals surface area contributed by atoms with E-state index in [4.69, 9.17) is 9.47 Å². The molecule has 31 heavy (non-hydrogen) atoms. The van der Waals surface area contributed by atoms with Crippen LogP contribution in [0.4, 0.5) is 11.4 Å². The van der Waals surface area contributed by atoms with Gasteiger partial charge in [-0.15, -0.1) is 0 Å². The number of carbonyl (C=O) groups is 2. The van der Waals surface area contributed by atoms with E-state index in [1.807, 2.05) is 38.1 Å². The van der Waals surface area contributed by atoms with Gasteiger partial charge in [0.2, 0.25) is 5.91 Å². The van der Waals surface area contributed by atoms with Gasteiger partial charge in [-0.05, 0) is 61.9 Å². The molecule has 0 atom stereocenters. The summed E-state index contributed by atoms with van der Waals surface area (Å²) in [5.74, 6) is 1.03. The minimum absolute atomic E-state index is 0.173. The lowest BCUT2D eigenvalue weighted by molar-refractivity contribution is -0.114. The van der Waals surface area contributed by atoms with Crippen molar-refractivity contribution in [3.63, 3.8) is 0 Å². The molecule has 0 fully saturated rings. The Hall–Kier alpha value is -3.80. The summed E-state index contributed by atoms with van der Waals surface area (Å²) in [4.78, 5) is 24.1. The Bertz CT molecular complexity index is 1080. The van der Waals surface area contributed by atoms with Crippen LogP contribution in [0.5, 0.6) is 11.5 Å². The molecule has 3 rings (SSSR count). The lowest BCUT2D eigenvalue weighted by Gasteiger charge is -2.14. The summed E-state index contributed by atoms with van der Waals surface area (Å²) in [5.41, 5.74) is 3.50. The summed E-state index contributed by atoms with van der Waals surface area (Å²) >= 11 is 0. The molecule has 0 bridgehead atoms. The first-order chi connectivity index (χ1) is 15.0. The van der Waals surface area contributed by atoms with Crippen LogP contribution in [0, 0.1) is 6.92 Å². The predicted octanol–water partition coefficient (Wildman–Crippen LogP) is 5.18. The van der Waals surface area contributed by atoms with E-state index in [2.05, 4.69) is 10.6 Å². The average Bonchev–Trinajstić information content (AvgIpc) is 2.74. The summed E-state index contributed by atoms with van der Waals surface area (Å²) in [6, 6.07) is 20.0. The number of carbonyl (C=O) groups excluding carboxylic acids is 2. The fourth-order valence-electron chi connectivity index (χ4n) is 3.08. The normalized spacial score (nSPS) is 10.3. The average molecular weight is 418 g/mol. The Labute approximate surface area is 182 Å². The van der Waals surface area contributed by atoms with E-state index < -0.39 is 0 Å². The van der Waals surface area contributed by atoms with Gasteiger partial charge in [-0.25, -0.2) is 0 Å². The van der Waals surface area contributed by atoms with Crippen LogP contribution in [0.15, 0.2) is 66.7 Å². The number of para-hydroxylation sites is 1. The van der Waals surface area contributed by atoms with Crippen molar-refractivity contribution < 1.29 is 19.1 Å². The molecule has 0 radical (unpaired) electrons. The molecule has 0 spiro atoms. The van der Waals surface area contributed by atoms with Crippen molar-refractivity contribution in [2.75, 3.05) is 17.2 Å². The molecule has 3 aromatic carbocycles. The third-order valence-corrected chi connectivity index (χ3v) is 4.54. The standard InChI is InChI=1S/C25H26N2O4/c1-4-30-24-13-12-19(14-20(24)16-31-23-11-6-5-8-17(23)2)25(29)27-22-10-7-9-21(15-22)26-18(3)28/h5-15H,4,16H2,1-3H3,(H,26,28)(H,27,29). The van der Waals surface area contributed by atoms with Crippen LogP contribution in [-0.2, 0) is 11.4 Å². The van der Waals surface area contributed by atoms with E-state index in [-0.39, 0.29) is 18.4 Å². The van der Waals surface area contributed by atoms with Crippen LogP contribution in [0.1, 0.15) is 35.3 Å². The third-order valence-electron chi connectivity index (χ3n) is 4.54. The molecule has 0 saturated heterocycles. The Morgan fingerprint density at radius 2 is 1.58 bits per heavy atom. The highest BCUT2D eigenvalue weighted by atomic mass is 16.5. The van der Waals surface area contributed by atoms with Crippen molar-refractivity contribution in [1.82, 2.24) is 0 Å². The van der Waals surface area contributed by atoms with Crippen LogP contribution < -0.4 is 20.1 Å². The number of rotatable bonds is 8. The molecular weight excluding hydrogens is 392 g/mol. The summed E-state index contributed by atoms with van der Waals surface area (Å²) in [7, 11) is 0. The highest BCUT2D eigenvalue weighted by Crippen LogP contribution is 2.25. The molecule has 0 aliphatic carbocycles. The van der Waals surface area contributed by atoms with Gasteiger partial charge in [-0.1, -0.05) is 24.3 Å². The number of nitrogens with one attached hydrogen (secondary N) is 2. The number of anilines is 2. The second-order valence-electron chi connectivity index (χ2n) is 7.03. The number of ether oxygens (including phenoxy) is 2. The van der Waals surface area contributed by atoms with Gasteiger partial charge in [0, 0.05) is 29.4 Å².